The monoisotopic (exact) mass is 425 g/mol. The molecule has 2 aromatic rings. The maximum Gasteiger partial charge on any atom is 0.343 e. The van der Waals surface area contributed by atoms with Crippen molar-refractivity contribution in [1.82, 2.24) is 0 Å². The van der Waals surface area contributed by atoms with E-state index in [-0.39, 0.29) is 0 Å². The molecule has 0 aliphatic heterocycles. The molecule has 0 unspecified atom stereocenters. The average molecular weight is 426 g/mol. The summed E-state index contributed by atoms with van der Waals surface area (Å²) in [5.74, 6) is 0.791. The summed E-state index contributed by atoms with van der Waals surface area (Å²) < 4.78 is 11.2. The zero-order valence-corrected chi connectivity index (χ0v) is 18.8. The van der Waals surface area contributed by atoms with Crippen molar-refractivity contribution in [2.45, 2.75) is 71.6 Å². The van der Waals surface area contributed by atoms with Crippen LogP contribution in [0.15, 0.2) is 53.7 Å². The van der Waals surface area contributed by atoms with E-state index in [1.807, 2.05) is 0 Å². The number of nitrogens with zero attached hydrogens (tertiary/aromatic N) is 1. The summed E-state index contributed by atoms with van der Waals surface area (Å²) in [5, 5.41) is 12.6. The van der Waals surface area contributed by atoms with Gasteiger partial charge in [-0.15, -0.1) is 0 Å². The van der Waals surface area contributed by atoms with Crippen LogP contribution in [0.3, 0.4) is 0 Å². The molecule has 0 spiro atoms. The second kappa shape index (κ2) is 14.2. The predicted octanol–water partition coefficient (Wildman–Crippen LogP) is 7.01. The number of ether oxygens (including phenoxy) is 2. The van der Waals surface area contributed by atoms with Gasteiger partial charge < -0.3 is 14.7 Å². The number of carbonyl (C=O) groups excluding carboxylic acids is 1. The molecule has 0 atom stereocenters. The summed E-state index contributed by atoms with van der Waals surface area (Å²) >= 11 is 0. The summed E-state index contributed by atoms with van der Waals surface area (Å²) in [5.41, 5.74) is 1.93. The Balaban J connectivity index is 1.80. The second-order valence-corrected chi connectivity index (χ2v) is 7.70. The fraction of sp³-hybridized carbons (Fsp3) is 0.462. The molecule has 0 amide bonds. The Kier molecular flexibility index (Phi) is 11.2. The summed E-state index contributed by atoms with van der Waals surface area (Å²) in [6.45, 7) is 5.00. The number of hydrogen-bond acceptors (Lipinski definition) is 5. The lowest BCUT2D eigenvalue weighted by Gasteiger charge is -2.08. The van der Waals surface area contributed by atoms with Gasteiger partial charge in [0.15, 0.2) is 0 Å². The Morgan fingerprint density at radius 2 is 1.35 bits per heavy atom. The molecule has 0 radical (unpaired) electrons. The molecule has 1 N–H and O–H groups in total. The standard InChI is InChI=1S/C26H35NO4/c1-3-5-7-8-9-10-20-30-23-16-14-22(15-17-23)26(28)31-24-18-12-21(13-19-24)25(27-29)11-6-4-2/h12-19,29H,3-11,20H2,1-2H3/b27-25-. The normalized spacial score (nSPS) is 11.4. The molecule has 2 rings (SSSR count). The summed E-state index contributed by atoms with van der Waals surface area (Å²) in [6.07, 6.45) is 10.0. The summed E-state index contributed by atoms with van der Waals surface area (Å²) in [6, 6.07) is 14.1. The lowest BCUT2D eigenvalue weighted by atomic mass is 10.0. The lowest BCUT2D eigenvalue weighted by molar-refractivity contribution is 0.0734. The number of oxime groups is 1. The van der Waals surface area contributed by atoms with Gasteiger partial charge in [0, 0.05) is 0 Å². The number of unbranched alkanes of at least 4 members (excludes halogenated alkanes) is 6. The molecule has 0 saturated heterocycles. The van der Waals surface area contributed by atoms with Crippen molar-refractivity contribution in [3.05, 3.63) is 59.7 Å². The molecule has 0 bridgehead atoms. The first kappa shape index (κ1) is 24.4. The van der Waals surface area contributed by atoms with Crippen molar-refractivity contribution in [2.75, 3.05) is 6.61 Å². The molecule has 31 heavy (non-hydrogen) atoms. The van der Waals surface area contributed by atoms with Crippen LogP contribution in [0, 0.1) is 0 Å². The smallest absolute Gasteiger partial charge is 0.343 e. The zero-order valence-electron chi connectivity index (χ0n) is 18.8. The van der Waals surface area contributed by atoms with Gasteiger partial charge in [-0.05, 0) is 73.4 Å². The fourth-order valence-corrected chi connectivity index (χ4v) is 3.24. The van der Waals surface area contributed by atoms with E-state index in [0.29, 0.717) is 30.1 Å². The molecule has 0 aliphatic carbocycles. The highest BCUT2D eigenvalue weighted by Gasteiger charge is 2.10. The van der Waals surface area contributed by atoms with Crippen LogP contribution in [0.2, 0.25) is 0 Å². The van der Waals surface area contributed by atoms with E-state index >= 15 is 0 Å². The topological polar surface area (TPSA) is 68.1 Å². The third-order valence-corrected chi connectivity index (χ3v) is 5.14. The number of rotatable bonds is 14. The van der Waals surface area contributed by atoms with E-state index in [1.165, 1.54) is 32.1 Å². The molecule has 2 aromatic carbocycles. The quantitative estimate of drug-likeness (QED) is 0.0882. The van der Waals surface area contributed by atoms with Crippen LogP contribution < -0.4 is 9.47 Å². The van der Waals surface area contributed by atoms with Gasteiger partial charge in [0.1, 0.15) is 11.5 Å². The van der Waals surface area contributed by atoms with Crippen LogP contribution in [-0.4, -0.2) is 23.5 Å². The van der Waals surface area contributed by atoms with Crippen LogP contribution in [0.25, 0.3) is 0 Å². The Morgan fingerprint density at radius 3 is 2.00 bits per heavy atom. The SMILES string of the molecule is CCCCCCCCOc1ccc(C(=O)Oc2ccc(/C(CCCC)=N\O)cc2)cc1. The van der Waals surface area contributed by atoms with Crippen molar-refractivity contribution in [3.63, 3.8) is 0 Å². The number of carbonyl (C=O) groups is 1. The van der Waals surface area contributed by atoms with Crippen molar-refractivity contribution >= 4 is 11.7 Å². The predicted molar refractivity (Wildman–Crippen MR) is 125 cm³/mol. The van der Waals surface area contributed by atoms with E-state index in [1.54, 1.807) is 48.5 Å². The van der Waals surface area contributed by atoms with Gasteiger partial charge in [-0.1, -0.05) is 57.5 Å². The van der Waals surface area contributed by atoms with Gasteiger partial charge in [0.2, 0.25) is 0 Å². The Labute approximate surface area is 186 Å². The number of esters is 1. The first-order valence-electron chi connectivity index (χ1n) is 11.4. The van der Waals surface area contributed by atoms with E-state index in [9.17, 15) is 10.0 Å². The molecular weight excluding hydrogens is 390 g/mol. The van der Waals surface area contributed by atoms with Gasteiger partial charge in [0.05, 0.1) is 17.9 Å². The minimum absolute atomic E-state index is 0.419. The van der Waals surface area contributed by atoms with Crippen LogP contribution >= 0.6 is 0 Å². The fourth-order valence-electron chi connectivity index (χ4n) is 3.24. The third kappa shape index (κ3) is 8.83. The van der Waals surface area contributed by atoms with Crippen molar-refractivity contribution in [1.29, 1.82) is 0 Å². The van der Waals surface area contributed by atoms with Gasteiger partial charge in [-0.25, -0.2) is 4.79 Å². The Morgan fingerprint density at radius 1 is 0.774 bits per heavy atom. The van der Waals surface area contributed by atoms with Crippen LogP contribution in [0.4, 0.5) is 0 Å². The van der Waals surface area contributed by atoms with Gasteiger partial charge in [0.25, 0.3) is 0 Å². The largest absolute Gasteiger partial charge is 0.494 e. The van der Waals surface area contributed by atoms with Crippen LogP contribution in [0.1, 0.15) is 87.6 Å². The van der Waals surface area contributed by atoms with E-state index in [0.717, 1.165) is 30.6 Å². The number of hydrogen-bond donors (Lipinski definition) is 1. The van der Waals surface area contributed by atoms with E-state index in [4.69, 9.17) is 9.47 Å². The van der Waals surface area contributed by atoms with Crippen LogP contribution in [-0.2, 0) is 0 Å². The first-order chi connectivity index (χ1) is 15.2. The molecule has 0 saturated carbocycles. The minimum atomic E-state index is -0.419. The third-order valence-electron chi connectivity index (χ3n) is 5.14. The molecule has 0 aliphatic rings. The lowest BCUT2D eigenvalue weighted by Crippen LogP contribution is -2.09. The Hall–Kier alpha value is -2.82. The van der Waals surface area contributed by atoms with Crippen molar-refractivity contribution < 1.29 is 19.5 Å². The maximum atomic E-state index is 12.4. The molecular formula is C26H35NO4. The number of benzene rings is 2. The second-order valence-electron chi connectivity index (χ2n) is 7.70. The van der Waals surface area contributed by atoms with Crippen molar-refractivity contribution in [3.8, 4) is 11.5 Å². The van der Waals surface area contributed by atoms with E-state index < -0.39 is 5.97 Å². The van der Waals surface area contributed by atoms with Crippen LogP contribution in [0.5, 0.6) is 11.5 Å². The molecule has 0 heterocycles. The zero-order chi connectivity index (χ0) is 22.3. The molecule has 168 valence electrons. The molecule has 0 fully saturated rings. The van der Waals surface area contributed by atoms with Crippen molar-refractivity contribution in [2.24, 2.45) is 5.16 Å². The average Bonchev–Trinajstić information content (AvgIpc) is 2.80. The molecule has 5 heteroatoms. The summed E-state index contributed by atoms with van der Waals surface area (Å²) in [4.78, 5) is 12.4. The minimum Gasteiger partial charge on any atom is -0.494 e. The van der Waals surface area contributed by atoms with Gasteiger partial charge >= 0.3 is 5.97 Å². The first-order valence-corrected chi connectivity index (χ1v) is 11.4. The van der Waals surface area contributed by atoms with E-state index in [2.05, 4.69) is 19.0 Å². The summed E-state index contributed by atoms with van der Waals surface area (Å²) in [7, 11) is 0. The van der Waals surface area contributed by atoms with Gasteiger partial charge in [-0.3, -0.25) is 0 Å². The van der Waals surface area contributed by atoms with Gasteiger partial charge in [-0.2, -0.15) is 0 Å². The molecule has 5 nitrogen and oxygen atoms in total. The molecule has 0 aromatic heterocycles. The highest BCUT2D eigenvalue weighted by molar-refractivity contribution is 6.00. The highest BCUT2D eigenvalue weighted by atomic mass is 16.5. The Bertz CT molecular complexity index is 797. The maximum absolute atomic E-state index is 12.4. The highest BCUT2D eigenvalue weighted by Crippen LogP contribution is 2.18.